The van der Waals surface area contributed by atoms with Gasteiger partial charge in [0.25, 0.3) is 0 Å². The number of benzene rings is 2. The molecule has 0 spiro atoms. The van der Waals surface area contributed by atoms with Crippen LogP contribution in [0, 0.1) is 47.1 Å². The molecule has 0 saturated heterocycles. The number of aliphatic carboxylic acids is 1. The maximum atomic E-state index is 13.9. The molecule has 2 aliphatic heterocycles. The Morgan fingerprint density at radius 2 is 1.12 bits per heavy atom. The monoisotopic (exact) mass is 1020 g/mol. The highest BCUT2D eigenvalue weighted by atomic mass is 19.1. The molecule has 15 heteroatoms. The number of aromatic nitrogens is 2. The van der Waals surface area contributed by atoms with Gasteiger partial charge in [0.05, 0.1) is 12.0 Å². The first-order valence-corrected chi connectivity index (χ1v) is 27.0. The Balaban J connectivity index is 0.000000197. The minimum absolute atomic E-state index is 0.00673. The number of aromatic amines is 2. The smallest absolute Gasteiger partial charge is 0.410 e. The molecule has 2 atom stereocenters. The quantitative estimate of drug-likeness (QED) is 0.122. The number of carbonyl (C=O) groups excluding carboxylic acids is 3. The third-order valence-electron chi connectivity index (χ3n) is 14.8. The molecule has 4 aliphatic rings. The maximum Gasteiger partial charge on any atom is 0.410 e. The van der Waals surface area contributed by atoms with Crippen LogP contribution in [-0.4, -0.2) is 105 Å². The molecule has 0 bridgehead atoms. The summed E-state index contributed by atoms with van der Waals surface area (Å²) in [6, 6.07) is 10.4. The van der Waals surface area contributed by atoms with Gasteiger partial charge in [-0.1, -0.05) is 27.7 Å². The van der Waals surface area contributed by atoms with E-state index in [-0.39, 0.29) is 47.6 Å². The Kier molecular flexibility index (Phi) is 19.1. The molecule has 13 nitrogen and oxygen atoms in total. The zero-order valence-corrected chi connectivity index (χ0v) is 45.9. The van der Waals surface area contributed by atoms with Crippen molar-refractivity contribution in [1.82, 2.24) is 30.0 Å². The normalized spacial score (nSPS) is 22.1. The maximum absolute atomic E-state index is 13.9. The standard InChI is InChI=1S/C29H42FN3O3.C15H19FN2.C14H25NO4/c1-18(2)15-25-26-23(22-12-11-21(30)16-24(22)31-26)13-14-33(25)27(34)20-9-7-19(8-10-20)17-32(6)28(35)36-29(3,4)5;1-9(2)7-14-15-12(5-6-17-14)11-4-3-10(16)8-13(11)18-15;1-14(2,3)19-13(18)15(4)9-10-5-7-11(8-6-10)12(16)17/h11-12,16,18-20,25,31H,7-10,13-15,17H2,1-6H3;3-4,8-9,14,17-18H,5-7H2,1-2H3;10-11H,5-9H2,1-4H3,(H,16,17). The van der Waals surface area contributed by atoms with Crippen molar-refractivity contribution in [2.45, 2.75) is 170 Å². The van der Waals surface area contributed by atoms with Crippen LogP contribution >= 0.6 is 0 Å². The molecule has 8 rings (SSSR count). The van der Waals surface area contributed by atoms with Gasteiger partial charge in [0.1, 0.15) is 22.8 Å². The van der Waals surface area contributed by atoms with Crippen molar-refractivity contribution in [3.05, 3.63) is 70.5 Å². The second kappa shape index (κ2) is 24.4. The number of hydrogen-bond acceptors (Lipinski definition) is 7. The number of halogens is 2. The van der Waals surface area contributed by atoms with Crippen LogP contribution in [-0.2, 0) is 31.9 Å². The number of H-pyrrole nitrogens is 2. The van der Waals surface area contributed by atoms with E-state index in [0.29, 0.717) is 62.2 Å². The molecule has 0 radical (unpaired) electrons. The number of carbonyl (C=O) groups is 4. The minimum atomic E-state index is -0.695. The van der Waals surface area contributed by atoms with E-state index in [4.69, 9.17) is 14.6 Å². The average molecular weight is 1020 g/mol. The van der Waals surface area contributed by atoms with E-state index in [2.05, 4.69) is 47.9 Å². The van der Waals surface area contributed by atoms with Crippen LogP contribution in [0.5, 0.6) is 0 Å². The largest absolute Gasteiger partial charge is 0.481 e. The number of rotatable bonds is 10. The molecule has 404 valence electrons. The molecule has 2 aromatic carbocycles. The fourth-order valence-electron chi connectivity index (χ4n) is 11.3. The summed E-state index contributed by atoms with van der Waals surface area (Å²) in [6.45, 7) is 23.0. The number of nitrogens with one attached hydrogen (secondary N) is 3. The summed E-state index contributed by atoms with van der Waals surface area (Å²) >= 11 is 0. The molecule has 4 aromatic rings. The Morgan fingerprint density at radius 3 is 1.58 bits per heavy atom. The molecule has 2 aromatic heterocycles. The first-order valence-electron chi connectivity index (χ1n) is 27.0. The predicted octanol–water partition coefficient (Wildman–Crippen LogP) is 12.7. The van der Waals surface area contributed by atoms with Gasteiger partial charge in [0, 0.05) is 78.9 Å². The lowest BCUT2D eigenvalue weighted by atomic mass is 9.80. The Labute approximate surface area is 432 Å². The summed E-state index contributed by atoms with van der Waals surface area (Å²) in [4.78, 5) is 61.0. The van der Waals surface area contributed by atoms with Gasteiger partial charge in [0.2, 0.25) is 5.91 Å². The van der Waals surface area contributed by atoms with Gasteiger partial charge in [-0.3, -0.25) is 9.59 Å². The van der Waals surface area contributed by atoms with E-state index in [0.717, 1.165) is 92.9 Å². The zero-order valence-electron chi connectivity index (χ0n) is 45.9. The summed E-state index contributed by atoms with van der Waals surface area (Å²) < 4.78 is 37.9. The third-order valence-corrected chi connectivity index (χ3v) is 14.8. The van der Waals surface area contributed by atoms with Crippen molar-refractivity contribution >= 4 is 45.9 Å². The van der Waals surface area contributed by atoms with Crippen molar-refractivity contribution in [2.24, 2.45) is 35.5 Å². The third kappa shape index (κ3) is 15.7. The SMILES string of the molecule is CC(C)CC1NCCc2c1[nH]c1cc(F)ccc21.CC(C)CC1c2[nH]c3cc(F)ccc3c2CCN1C(=O)C1CCC(CN(C)C(=O)OC(C)(C)C)CC1.CN(CC1CCC(C(=O)O)CC1)C(=O)OC(C)(C)C. The molecule has 2 aliphatic carbocycles. The van der Waals surface area contributed by atoms with Crippen LogP contribution in [0.25, 0.3) is 21.8 Å². The number of ether oxygens (including phenoxy) is 2. The van der Waals surface area contributed by atoms with Crippen LogP contribution in [0.4, 0.5) is 18.4 Å². The van der Waals surface area contributed by atoms with Gasteiger partial charge in [-0.05, 0) is 196 Å². The topological polar surface area (TPSA) is 160 Å². The van der Waals surface area contributed by atoms with Crippen LogP contribution in [0.15, 0.2) is 36.4 Å². The van der Waals surface area contributed by atoms with Gasteiger partial charge in [-0.2, -0.15) is 0 Å². The minimum Gasteiger partial charge on any atom is -0.481 e. The molecule has 2 fully saturated rings. The van der Waals surface area contributed by atoms with E-state index >= 15 is 0 Å². The second-order valence-corrected chi connectivity index (χ2v) is 24.2. The van der Waals surface area contributed by atoms with Crippen LogP contribution in [0.2, 0.25) is 0 Å². The molecular weight excluding hydrogens is 931 g/mol. The van der Waals surface area contributed by atoms with E-state index < -0.39 is 17.2 Å². The molecule has 4 N–H and O–H groups in total. The molecule has 73 heavy (non-hydrogen) atoms. The summed E-state index contributed by atoms with van der Waals surface area (Å²) in [5.41, 5.74) is 5.70. The van der Waals surface area contributed by atoms with Crippen LogP contribution in [0.3, 0.4) is 0 Å². The number of amides is 3. The van der Waals surface area contributed by atoms with Gasteiger partial charge in [0.15, 0.2) is 0 Å². The molecule has 2 unspecified atom stereocenters. The summed E-state index contributed by atoms with van der Waals surface area (Å²) in [5.74, 6) is 0.791. The van der Waals surface area contributed by atoms with E-state index in [1.165, 1.54) is 28.3 Å². The number of fused-ring (bicyclic) bond motifs is 6. The van der Waals surface area contributed by atoms with Crippen molar-refractivity contribution in [3.63, 3.8) is 0 Å². The molecule has 2 saturated carbocycles. The van der Waals surface area contributed by atoms with Crippen molar-refractivity contribution in [3.8, 4) is 0 Å². The lowest BCUT2D eigenvalue weighted by molar-refractivity contribution is -0.143. The van der Waals surface area contributed by atoms with Gasteiger partial charge < -0.3 is 44.6 Å². The van der Waals surface area contributed by atoms with Gasteiger partial charge in [-0.25, -0.2) is 18.4 Å². The number of carboxylic acid groups (broad SMARTS) is 1. The lowest BCUT2D eigenvalue weighted by Gasteiger charge is -2.40. The lowest BCUT2D eigenvalue weighted by Crippen LogP contribution is -2.45. The predicted molar refractivity (Wildman–Crippen MR) is 284 cm³/mol. The first-order chi connectivity index (χ1) is 34.3. The van der Waals surface area contributed by atoms with Gasteiger partial charge >= 0.3 is 18.2 Å². The van der Waals surface area contributed by atoms with Crippen LogP contribution < -0.4 is 5.32 Å². The first kappa shape index (κ1) is 57.1. The van der Waals surface area contributed by atoms with Gasteiger partial charge in [-0.15, -0.1) is 0 Å². The number of nitrogens with zero attached hydrogens (tertiary/aromatic N) is 3. The fraction of sp³-hybridized carbons (Fsp3) is 0.655. The van der Waals surface area contributed by atoms with E-state index in [1.54, 1.807) is 42.1 Å². The molecule has 4 heterocycles. The molecule has 3 amide bonds. The van der Waals surface area contributed by atoms with Crippen molar-refractivity contribution < 1.29 is 42.5 Å². The Morgan fingerprint density at radius 1 is 0.671 bits per heavy atom. The second-order valence-electron chi connectivity index (χ2n) is 24.2. The highest BCUT2D eigenvalue weighted by molar-refractivity contribution is 5.87. The van der Waals surface area contributed by atoms with Crippen molar-refractivity contribution in [2.75, 3.05) is 40.3 Å². The summed E-state index contributed by atoms with van der Waals surface area (Å²) in [6.07, 6.45) is 9.92. The van der Waals surface area contributed by atoms with E-state index in [1.807, 2.05) is 53.7 Å². The molecular formula is C58H86F2N6O7. The van der Waals surface area contributed by atoms with E-state index in [9.17, 15) is 28.0 Å². The Hall–Kier alpha value is -5.18. The number of carboxylic acids is 1. The summed E-state index contributed by atoms with van der Waals surface area (Å²) in [7, 11) is 3.52. The number of hydrogen-bond donors (Lipinski definition) is 4. The Bertz CT molecular complexity index is 2510. The zero-order chi connectivity index (χ0) is 53.5. The highest BCUT2D eigenvalue weighted by Crippen LogP contribution is 2.41. The van der Waals surface area contributed by atoms with Crippen LogP contribution in [0.1, 0.15) is 168 Å². The highest BCUT2D eigenvalue weighted by Gasteiger charge is 2.38. The average Bonchev–Trinajstić information content (AvgIpc) is 3.86. The summed E-state index contributed by atoms with van der Waals surface area (Å²) in [5, 5.41) is 14.7. The van der Waals surface area contributed by atoms with Crippen molar-refractivity contribution in [1.29, 1.82) is 0 Å². The fourth-order valence-corrected chi connectivity index (χ4v) is 11.3.